The van der Waals surface area contributed by atoms with E-state index in [0.717, 1.165) is 12.0 Å². The molecule has 0 saturated heterocycles. The van der Waals surface area contributed by atoms with E-state index in [1.165, 1.54) is 0 Å². The Morgan fingerprint density at radius 3 is 2.60 bits per heavy atom. The van der Waals surface area contributed by atoms with E-state index in [-0.39, 0.29) is 18.4 Å². The normalized spacial score (nSPS) is 11.8. The molecule has 0 aliphatic heterocycles. The molecular formula is C14H22ClNO3S. The molecule has 0 atom stereocenters. The van der Waals surface area contributed by atoms with Gasteiger partial charge in [0, 0.05) is 6.54 Å². The number of ether oxygens (including phenoxy) is 1. The molecule has 0 heterocycles. The number of halogens is 1. The van der Waals surface area contributed by atoms with Gasteiger partial charge in [-0.1, -0.05) is 31.0 Å². The molecule has 20 heavy (non-hydrogen) atoms. The van der Waals surface area contributed by atoms with Crippen molar-refractivity contribution < 1.29 is 13.2 Å². The summed E-state index contributed by atoms with van der Waals surface area (Å²) < 4.78 is 31.5. The third-order valence-corrected chi connectivity index (χ3v) is 4.33. The molecule has 0 unspecified atom stereocenters. The Kier molecular flexibility index (Phi) is 6.79. The zero-order chi connectivity index (χ0) is 15.2. The minimum atomic E-state index is -3.21. The first-order valence-electron chi connectivity index (χ1n) is 6.76. The van der Waals surface area contributed by atoms with Crippen LogP contribution in [0.1, 0.15) is 39.2 Å². The van der Waals surface area contributed by atoms with Crippen molar-refractivity contribution in [2.24, 2.45) is 0 Å². The average molecular weight is 320 g/mol. The molecule has 1 aromatic rings. The van der Waals surface area contributed by atoms with E-state index in [4.69, 9.17) is 16.3 Å². The lowest BCUT2D eigenvalue weighted by atomic mass is 10.2. The predicted molar refractivity (Wildman–Crippen MR) is 82.8 cm³/mol. The van der Waals surface area contributed by atoms with Crippen LogP contribution in [0.2, 0.25) is 5.02 Å². The third kappa shape index (κ3) is 6.11. The molecule has 0 amide bonds. The number of hydrogen-bond acceptors (Lipinski definition) is 3. The van der Waals surface area contributed by atoms with Crippen LogP contribution in [0.25, 0.3) is 0 Å². The van der Waals surface area contributed by atoms with Gasteiger partial charge < -0.3 is 4.74 Å². The molecule has 0 aromatic heterocycles. The van der Waals surface area contributed by atoms with Crippen molar-refractivity contribution in [3.8, 4) is 5.75 Å². The fourth-order valence-corrected chi connectivity index (χ4v) is 3.05. The molecule has 0 bridgehead atoms. The maximum Gasteiger partial charge on any atom is 0.211 e. The van der Waals surface area contributed by atoms with Gasteiger partial charge in [0.1, 0.15) is 5.75 Å². The summed E-state index contributed by atoms with van der Waals surface area (Å²) in [5.74, 6) is 0.769. The smallest absolute Gasteiger partial charge is 0.211 e. The summed E-state index contributed by atoms with van der Waals surface area (Å²) in [5, 5.41) is 0.490. The van der Waals surface area contributed by atoms with Crippen LogP contribution >= 0.6 is 11.6 Å². The molecule has 0 radical (unpaired) electrons. The second-order valence-electron chi connectivity index (χ2n) is 4.92. The molecule has 1 N–H and O–H groups in total. The van der Waals surface area contributed by atoms with Crippen molar-refractivity contribution in [3.63, 3.8) is 0 Å². The largest absolute Gasteiger partial charge is 0.489 e. The van der Waals surface area contributed by atoms with Crippen LogP contribution in [0.4, 0.5) is 0 Å². The highest BCUT2D eigenvalue weighted by molar-refractivity contribution is 7.89. The standard InChI is InChI=1S/C14H22ClNO3S/c1-4-5-8-20(17,18)16-10-12-6-7-14(13(15)9-12)19-11(2)3/h6-7,9,11,16H,4-5,8,10H2,1-3H3. The highest BCUT2D eigenvalue weighted by atomic mass is 35.5. The molecule has 114 valence electrons. The minimum Gasteiger partial charge on any atom is -0.489 e. The first-order valence-corrected chi connectivity index (χ1v) is 8.79. The van der Waals surface area contributed by atoms with Gasteiger partial charge in [-0.3, -0.25) is 0 Å². The Hall–Kier alpha value is -0.780. The fraction of sp³-hybridized carbons (Fsp3) is 0.571. The molecular weight excluding hydrogens is 298 g/mol. The van der Waals surface area contributed by atoms with Gasteiger partial charge >= 0.3 is 0 Å². The van der Waals surface area contributed by atoms with E-state index >= 15 is 0 Å². The molecule has 0 saturated carbocycles. The molecule has 0 aliphatic carbocycles. The van der Waals surface area contributed by atoms with E-state index < -0.39 is 10.0 Å². The number of unbranched alkanes of at least 4 members (excludes halogenated alkanes) is 1. The van der Waals surface area contributed by atoms with Gasteiger partial charge in [0.05, 0.1) is 16.9 Å². The first-order chi connectivity index (χ1) is 9.34. The molecule has 0 spiro atoms. The topological polar surface area (TPSA) is 55.4 Å². The van der Waals surface area contributed by atoms with Gasteiger partial charge in [0.2, 0.25) is 10.0 Å². The van der Waals surface area contributed by atoms with E-state index in [0.29, 0.717) is 17.2 Å². The van der Waals surface area contributed by atoms with Crippen molar-refractivity contribution in [1.82, 2.24) is 4.72 Å². The summed E-state index contributed by atoms with van der Waals surface area (Å²) in [6, 6.07) is 5.30. The van der Waals surface area contributed by atoms with Gasteiger partial charge in [0.25, 0.3) is 0 Å². The summed E-state index contributed by atoms with van der Waals surface area (Å²) in [5.41, 5.74) is 0.811. The van der Waals surface area contributed by atoms with Crippen molar-refractivity contribution in [2.75, 3.05) is 5.75 Å². The van der Waals surface area contributed by atoms with Crippen LogP contribution in [0.5, 0.6) is 5.75 Å². The zero-order valence-electron chi connectivity index (χ0n) is 12.1. The number of nitrogens with one attached hydrogen (secondary N) is 1. The number of rotatable bonds is 8. The van der Waals surface area contributed by atoms with Crippen molar-refractivity contribution >= 4 is 21.6 Å². The number of benzene rings is 1. The maximum atomic E-state index is 11.7. The second-order valence-corrected chi connectivity index (χ2v) is 7.26. The first kappa shape index (κ1) is 17.3. The van der Waals surface area contributed by atoms with Gasteiger partial charge in [-0.15, -0.1) is 0 Å². The van der Waals surface area contributed by atoms with Crippen LogP contribution < -0.4 is 9.46 Å². The Bertz CT molecular complexity index is 529. The van der Waals surface area contributed by atoms with Crippen molar-refractivity contribution in [1.29, 1.82) is 0 Å². The van der Waals surface area contributed by atoms with Crippen LogP contribution in [-0.2, 0) is 16.6 Å². The SMILES string of the molecule is CCCCS(=O)(=O)NCc1ccc(OC(C)C)c(Cl)c1. The predicted octanol–water partition coefficient (Wildman–Crippen LogP) is 3.35. The van der Waals surface area contributed by atoms with Crippen LogP contribution in [0.15, 0.2) is 18.2 Å². The van der Waals surface area contributed by atoms with E-state index in [1.54, 1.807) is 12.1 Å². The zero-order valence-corrected chi connectivity index (χ0v) is 13.7. The van der Waals surface area contributed by atoms with Crippen LogP contribution in [0.3, 0.4) is 0 Å². The lowest BCUT2D eigenvalue weighted by Crippen LogP contribution is -2.25. The maximum absolute atomic E-state index is 11.7. The number of hydrogen-bond donors (Lipinski definition) is 1. The summed E-state index contributed by atoms with van der Waals surface area (Å²) >= 11 is 6.10. The van der Waals surface area contributed by atoms with Crippen LogP contribution in [-0.4, -0.2) is 20.3 Å². The Morgan fingerprint density at radius 2 is 2.05 bits per heavy atom. The highest BCUT2D eigenvalue weighted by Crippen LogP contribution is 2.26. The molecule has 0 fully saturated rings. The minimum absolute atomic E-state index is 0.0471. The monoisotopic (exact) mass is 319 g/mol. The summed E-state index contributed by atoms with van der Waals surface area (Å²) in [6.45, 7) is 6.05. The van der Waals surface area contributed by atoms with Gasteiger partial charge in [-0.25, -0.2) is 13.1 Å². The van der Waals surface area contributed by atoms with Crippen molar-refractivity contribution in [2.45, 2.75) is 46.3 Å². The summed E-state index contributed by atoms with van der Waals surface area (Å²) in [6.07, 6.45) is 1.57. The molecule has 0 aliphatic rings. The number of sulfonamides is 1. The van der Waals surface area contributed by atoms with E-state index in [1.807, 2.05) is 26.8 Å². The molecule has 4 nitrogen and oxygen atoms in total. The molecule has 1 aromatic carbocycles. The van der Waals surface area contributed by atoms with Crippen molar-refractivity contribution in [3.05, 3.63) is 28.8 Å². The van der Waals surface area contributed by atoms with Gasteiger partial charge in [-0.05, 0) is 38.0 Å². The van der Waals surface area contributed by atoms with E-state index in [9.17, 15) is 8.42 Å². The Balaban J connectivity index is 2.63. The highest BCUT2D eigenvalue weighted by Gasteiger charge is 2.10. The fourth-order valence-electron chi connectivity index (χ4n) is 1.60. The average Bonchev–Trinajstić information content (AvgIpc) is 2.37. The van der Waals surface area contributed by atoms with E-state index in [2.05, 4.69) is 4.72 Å². The quantitative estimate of drug-likeness (QED) is 0.799. The van der Waals surface area contributed by atoms with Crippen LogP contribution in [0, 0.1) is 0 Å². The lowest BCUT2D eigenvalue weighted by Gasteiger charge is -2.12. The second kappa shape index (κ2) is 7.86. The Morgan fingerprint density at radius 1 is 1.35 bits per heavy atom. The molecule has 6 heteroatoms. The van der Waals surface area contributed by atoms with Gasteiger partial charge in [0.15, 0.2) is 0 Å². The Labute approximate surface area is 126 Å². The third-order valence-electron chi connectivity index (χ3n) is 2.62. The molecule has 1 rings (SSSR count). The summed E-state index contributed by atoms with van der Waals surface area (Å²) in [4.78, 5) is 0. The summed E-state index contributed by atoms with van der Waals surface area (Å²) in [7, 11) is -3.21. The lowest BCUT2D eigenvalue weighted by molar-refractivity contribution is 0.242. The van der Waals surface area contributed by atoms with Gasteiger partial charge in [-0.2, -0.15) is 0 Å².